The van der Waals surface area contributed by atoms with Gasteiger partial charge in [0.25, 0.3) is 0 Å². The maximum absolute atomic E-state index is 14.0. The summed E-state index contributed by atoms with van der Waals surface area (Å²) in [5.74, 6) is -0.165. The SMILES string of the molecule is CC(c1ccc(F)cc1F)N1CCN(c2ccc3nccnc3n2)CC1. The Morgan fingerprint density at radius 3 is 2.50 bits per heavy atom. The summed E-state index contributed by atoms with van der Waals surface area (Å²) < 4.78 is 27.2. The van der Waals surface area contributed by atoms with Crippen molar-refractivity contribution in [3.8, 4) is 0 Å². The predicted octanol–water partition coefficient (Wildman–Crippen LogP) is 3.19. The molecule has 7 heteroatoms. The number of hydrogen-bond acceptors (Lipinski definition) is 5. The third kappa shape index (κ3) is 3.22. The van der Waals surface area contributed by atoms with Crippen LogP contribution in [0.15, 0.2) is 42.7 Å². The third-order valence-electron chi connectivity index (χ3n) is 4.92. The average molecular weight is 355 g/mol. The van der Waals surface area contributed by atoms with Gasteiger partial charge in [0.1, 0.15) is 23.0 Å². The summed E-state index contributed by atoms with van der Waals surface area (Å²) >= 11 is 0. The van der Waals surface area contributed by atoms with Gasteiger partial charge in [-0.15, -0.1) is 0 Å². The van der Waals surface area contributed by atoms with Crippen molar-refractivity contribution < 1.29 is 8.78 Å². The van der Waals surface area contributed by atoms with Crippen LogP contribution < -0.4 is 4.90 Å². The average Bonchev–Trinajstić information content (AvgIpc) is 2.67. The van der Waals surface area contributed by atoms with E-state index in [0.29, 0.717) is 11.2 Å². The summed E-state index contributed by atoms with van der Waals surface area (Å²) in [7, 11) is 0. The van der Waals surface area contributed by atoms with E-state index in [-0.39, 0.29) is 6.04 Å². The molecule has 134 valence electrons. The van der Waals surface area contributed by atoms with Crippen LogP contribution in [0, 0.1) is 11.6 Å². The van der Waals surface area contributed by atoms with Crippen molar-refractivity contribution >= 4 is 17.0 Å². The molecule has 0 bridgehead atoms. The van der Waals surface area contributed by atoms with E-state index in [1.54, 1.807) is 12.4 Å². The first-order chi connectivity index (χ1) is 12.6. The van der Waals surface area contributed by atoms with Crippen LogP contribution in [0.5, 0.6) is 0 Å². The first kappa shape index (κ1) is 16.8. The van der Waals surface area contributed by atoms with E-state index in [9.17, 15) is 8.78 Å². The van der Waals surface area contributed by atoms with Gasteiger partial charge in [-0.1, -0.05) is 6.07 Å². The zero-order valence-corrected chi connectivity index (χ0v) is 14.4. The van der Waals surface area contributed by atoms with Crippen LogP contribution in [0.2, 0.25) is 0 Å². The zero-order valence-electron chi connectivity index (χ0n) is 14.4. The largest absolute Gasteiger partial charge is 0.354 e. The van der Waals surface area contributed by atoms with Gasteiger partial charge in [0.2, 0.25) is 0 Å². The van der Waals surface area contributed by atoms with Crippen molar-refractivity contribution in [1.29, 1.82) is 0 Å². The van der Waals surface area contributed by atoms with Crippen LogP contribution >= 0.6 is 0 Å². The molecule has 3 aromatic rings. The lowest BCUT2D eigenvalue weighted by molar-refractivity contribution is 0.194. The standard InChI is InChI=1S/C19H19F2N5/c1-13(15-3-2-14(20)12-16(15)21)25-8-10-26(11-9-25)18-5-4-17-19(24-18)23-7-6-22-17/h2-7,12-13H,8-11H2,1H3. The topological polar surface area (TPSA) is 45.2 Å². The molecule has 0 saturated carbocycles. The van der Waals surface area contributed by atoms with Crippen molar-refractivity contribution in [2.45, 2.75) is 13.0 Å². The van der Waals surface area contributed by atoms with Gasteiger partial charge in [-0.2, -0.15) is 0 Å². The Kier molecular flexibility index (Phi) is 4.46. The molecule has 4 rings (SSSR count). The minimum Gasteiger partial charge on any atom is -0.354 e. The number of hydrogen-bond donors (Lipinski definition) is 0. The molecular weight excluding hydrogens is 336 g/mol. The Bertz CT molecular complexity index is 925. The molecule has 1 aromatic carbocycles. The highest BCUT2D eigenvalue weighted by Gasteiger charge is 2.24. The molecule has 0 N–H and O–H groups in total. The van der Waals surface area contributed by atoms with Crippen molar-refractivity contribution in [2.24, 2.45) is 0 Å². The van der Waals surface area contributed by atoms with Crippen LogP contribution in [-0.4, -0.2) is 46.0 Å². The number of fused-ring (bicyclic) bond motifs is 1. The van der Waals surface area contributed by atoms with Crippen molar-refractivity contribution in [2.75, 3.05) is 31.1 Å². The Morgan fingerprint density at radius 2 is 1.73 bits per heavy atom. The number of nitrogens with zero attached hydrogens (tertiary/aromatic N) is 5. The highest BCUT2D eigenvalue weighted by molar-refractivity contribution is 5.71. The second-order valence-corrected chi connectivity index (χ2v) is 6.43. The number of aromatic nitrogens is 3. The normalized spacial score (nSPS) is 16.8. The molecule has 1 atom stereocenters. The molecule has 1 fully saturated rings. The molecule has 0 radical (unpaired) electrons. The molecule has 1 aliphatic heterocycles. The van der Waals surface area contributed by atoms with Crippen LogP contribution in [-0.2, 0) is 0 Å². The zero-order chi connectivity index (χ0) is 18.1. The second-order valence-electron chi connectivity index (χ2n) is 6.43. The number of piperazine rings is 1. The van der Waals surface area contributed by atoms with Gasteiger partial charge in [0.15, 0.2) is 5.65 Å². The minimum atomic E-state index is -0.547. The van der Waals surface area contributed by atoms with E-state index in [1.807, 2.05) is 19.1 Å². The summed E-state index contributed by atoms with van der Waals surface area (Å²) in [6, 6.07) is 7.56. The Morgan fingerprint density at radius 1 is 0.962 bits per heavy atom. The Labute approximate surface area is 150 Å². The van der Waals surface area contributed by atoms with E-state index >= 15 is 0 Å². The van der Waals surface area contributed by atoms with Gasteiger partial charge in [-0.3, -0.25) is 9.88 Å². The fraction of sp³-hybridized carbons (Fsp3) is 0.316. The molecule has 1 saturated heterocycles. The predicted molar refractivity (Wildman–Crippen MR) is 95.9 cm³/mol. The summed E-state index contributed by atoms with van der Waals surface area (Å²) in [4.78, 5) is 17.5. The summed E-state index contributed by atoms with van der Waals surface area (Å²) in [5.41, 5.74) is 1.93. The van der Waals surface area contributed by atoms with E-state index in [0.717, 1.165) is 43.6 Å². The van der Waals surface area contributed by atoms with Crippen molar-refractivity contribution in [3.63, 3.8) is 0 Å². The smallest absolute Gasteiger partial charge is 0.180 e. The van der Waals surface area contributed by atoms with Crippen molar-refractivity contribution in [1.82, 2.24) is 19.9 Å². The maximum atomic E-state index is 14.0. The third-order valence-corrected chi connectivity index (χ3v) is 4.92. The number of rotatable bonds is 3. The molecular formula is C19H19F2N5. The summed E-state index contributed by atoms with van der Waals surface area (Å²) in [5, 5.41) is 0. The maximum Gasteiger partial charge on any atom is 0.180 e. The Balaban J connectivity index is 1.46. The van der Waals surface area contributed by atoms with E-state index < -0.39 is 11.6 Å². The number of pyridine rings is 1. The Hall–Kier alpha value is -2.67. The van der Waals surface area contributed by atoms with Gasteiger partial charge in [-0.25, -0.2) is 18.7 Å². The van der Waals surface area contributed by atoms with Gasteiger partial charge in [0, 0.05) is 56.2 Å². The van der Waals surface area contributed by atoms with E-state index in [4.69, 9.17) is 0 Å². The fourth-order valence-electron chi connectivity index (χ4n) is 3.40. The lowest BCUT2D eigenvalue weighted by Gasteiger charge is -2.38. The summed E-state index contributed by atoms with van der Waals surface area (Å²) in [6.45, 7) is 5.07. The van der Waals surface area contributed by atoms with Crippen molar-refractivity contribution in [3.05, 3.63) is 59.9 Å². The molecule has 0 amide bonds. The monoisotopic (exact) mass is 355 g/mol. The molecule has 1 unspecified atom stereocenters. The lowest BCUT2D eigenvalue weighted by Crippen LogP contribution is -2.47. The highest BCUT2D eigenvalue weighted by atomic mass is 19.1. The van der Waals surface area contributed by atoms with E-state index in [2.05, 4.69) is 24.8 Å². The van der Waals surface area contributed by atoms with Crippen LogP contribution in [0.3, 0.4) is 0 Å². The van der Waals surface area contributed by atoms with Gasteiger partial charge in [0.05, 0.1) is 0 Å². The fourth-order valence-corrected chi connectivity index (χ4v) is 3.40. The highest BCUT2D eigenvalue weighted by Crippen LogP contribution is 2.26. The van der Waals surface area contributed by atoms with E-state index in [1.165, 1.54) is 12.1 Å². The quantitative estimate of drug-likeness (QED) is 0.722. The first-order valence-electron chi connectivity index (χ1n) is 8.63. The molecule has 0 spiro atoms. The van der Waals surface area contributed by atoms with Gasteiger partial charge >= 0.3 is 0 Å². The summed E-state index contributed by atoms with van der Waals surface area (Å²) in [6.07, 6.45) is 3.29. The molecule has 0 aliphatic carbocycles. The van der Waals surface area contributed by atoms with Crippen LogP contribution in [0.4, 0.5) is 14.6 Å². The molecule has 26 heavy (non-hydrogen) atoms. The number of halogens is 2. The molecule has 3 heterocycles. The lowest BCUT2D eigenvalue weighted by atomic mass is 10.1. The van der Waals surface area contributed by atoms with Gasteiger partial charge < -0.3 is 4.90 Å². The second kappa shape index (κ2) is 6.92. The molecule has 1 aliphatic rings. The first-order valence-corrected chi connectivity index (χ1v) is 8.63. The number of anilines is 1. The number of benzene rings is 1. The molecule has 5 nitrogen and oxygen atoms in total. The minimum absolute atomic E-state index is 0.104. The van der Waals surface area contributed by atoms with Gasteiger partial charge in [-0.05, 0) is 25.1 Å². The van der Waals surface area contributed by atoms with Crippen LogP contribution in [0.1, 0.15) is 18.5 Å². The molecule has 2 aromatic heterocycles. The van der Waals surface area contributed by atoms with Crippen LogP contribution in [0.25, 0.3) is 11.2 Å².